The van der Waals surface area contributed by atoms with Gasteiger partial charge in [-0.05, 0) is 49.9 Å². The average Bonchev–Trinajstić information content (AvgIpc) is 3.58. The Kier molecular flexibility index (Phi) is 7.28. The lowest BCUT2D eigenvalue weighted by atomic mass is 10.1. The third kappa shape index (κ3) is 5.88. The summed E-state index contributed by atoms with van der Waals surface area (Å²) >= 11 is 1.43. The van der Waals surface area contributed by atoms with E-state index < -0.39 is 17.6 Å². The average molecular weight is 557 g/mol. The summed E-state index contributed by atoms with van der Waals surface area (Å²) in [7, 11) is 3.76. The molecule has 0 radical (unpaired) electrons. The zero-order chi connectivity index (χ0) is 27.7. The second kappa shape index (κ2) is 10.7. The molecule has 2 aromatic heterocycles. The van der Waals surface area contributed by atoms with Crippen molar-refractivity contribution in [3.8, 4) is 16.3 Å². The van der Waals surface area contributed by atoms with E-state index in [9.17, 15) is 18.0 Å². The summed E-state index contributed by atoms with van der Waals surface area (Å²) in [6.07, 6.45) is -1.10. The van der Waals surface area contributed by atoms with Crippen molar-refractivity contribution in [2.75, 3.05) is 55.8 Å². The largest absolute Gasteiger partial charge is 0.416 e. The molecule has 0 aliphatic carbocycles. The van der Waals surface area contributed by atoms with Crippen molar-refractivity contribution in [3.63, 3.8) is 0 Å². The van der Waals surface area contributed by atoms with Crippen LogP contribution in [0.15, 0.2) is 48.8 Å². The minimum Gasteiger partial charge on any atom is -0.369 e. The van der Waals surface area contributed by atoms with Gasteiger partial charge in [0.1, 0.15) is 5.69 Å². The first-order valence-corrected chi connectivity index (χ1v) is 13.1. The van der Waals surface area contributed by atoms with Crippen LogP contribution in [0.3, 0.4) is 0 Å². The van der Waals surface area contributed by atoms with Crippen molar-refractivity contribution >= 4 is 33.8 Å². The number of carbonyl (C=O) groups excluding carboxylic acids is 1. The van der Waals surface area contributed by atoms with Crippen molar-refractivity contribution in [2.45, 2.75) is 13.1 Å². The molecule has 9 nitrogen and oxygen atoms in total. The van der Waals surface area contributed by atoms with Gasteiger partial charge in [0.2, 0.25) is 0 Å². The number of hydrogen-bond acceptors (Lipinski definition) is 8. The molecular formula is C26H27F3N8OS. The molecule has 0 unspecified atom stereocenters. The Hall–Kier alpha value is -3.97. The molecule has 2 aromatic carbocycles. The van der Waals surface area contributed by atoms with Gasteiger partial charge < -0.3 is 20.4 Å². The van der Waals surface area contributed by atoms with E-state index in [0.29, 0.717) is 30.2 Å². The highest BCUT2D eigenvalue weighted by atomic mass is 32.1. The first-order valence-electron chi connectivity index (χ1n) is 12.2. The van der Waals surface area contributed by atoms with E-state index in [-0.39, 0.29) is 11.3 Å². The zero-order valence-electron chi connectivity index (χ0n) is 21.6. The normalized spacial score (nSPS) is 14.5. The molecule has 1 aliphatic heterocycles. The van der Waals surface area contributed by atoms with Gasteiger partial charge in [-0.15, -0.1) is 5.10 Å². The van der Waals surface area contributed by atoms with Crippen LogP contribution in [0.2, 0.25) is 0 Å². The second-order valence-electron chi connectivity index (χ2n) is 9.34. The topological polar surface area (TPSA) is 91.2 Å². The summed E-state index contributed by atoms with van der Waals surface area (Å²) in [6.45, 7) is 4.56. The Balaban J connectivity index is 1.40. The molecule has 204 valence electrons. The molecular weight excluding hydrogens is 529 g/mol. The van der Waals surface area contributed by atoms with E-state index >= 15 is 0 Å². The van der Waals surface area contributed by atoms with Gasteiger partial charge in [0.25, 0.3) is 5.91 Å². The molecule has 1 fully saturated rings. The van der Waals surface area contributed by atoms with E-state index in [4.69, 9.17) is 0 Å². The van der Waals surface area contributed by atoms with Crippen molar-refractivity contribution in [1.29, 1.82) is 0 Å². The third-order valence-electron chi connectivity index (χ3n) is 6.55. The number of aryl methyl sites for hydroxylation is 1. The summed E-state index contributed by atoms with van der Waals surface area (Å²) < 4.78 is 42.7. The summed E-state index contributed by atoms with van der Waals surface area (Å²) in [5, 5.41) is 14.8. The molecule has 2 N–H and O–H groups in total. The van der Waals surface area contributed by atoms with Crippen molar-refractivity contribution in [2.24, 2.45) is 0 Å². The predicted molar refractivity (Wildman–Crippen MR) is 146 cm³/mol. The lowest BCUT2D eigenvalue weighted by Gasteiger charge is -2.34. The van der Waals surface area contributed by atoms with Gasteiger partial charge in [0, 0.05) is 56.4 Å². The van der Waals surface area contributed by atoms with Crippen LogP contribution in [0.25, 0.3) is 16.3 Å². The molecule has 0 spiro atoms. The molecule has 3 heterocycles. The third-order valence-corrected chi connectivity index (χ3v) is 7.59. The number of halogens is 3. The second-order valence-corrected chi connectivity index (χ2v) is 10.4. The number of rotatable bonds is 6. The quantitative estimate of drug-likeness (QED) is 0.354. The maximum absolute atomic E-state index is 13.7. The fourth-order valence-electron chi connectivity index (χ4n) is 4.30. The molecule has 0 bridgehead atoms. The highest BCUT2D eigenvalue weighted by Crippen LogP contribution is 2.35. The fourth-order valence-corrected chi connectivity index (χ4v) is 5.02. The Bertz CT molecular complexity index is 1490. The number of nitrogens with one attached hydrogen (secondary N) is 2. The first-order chi connectivity index (χ1) is 18.6. The molecule has 5 rings (SSSR count). The predicted octanol–water partition coefficient (Wildman–Crippen LogP) is 4.76. The first kappa shape index (κ1) is 26.6. The monoisotopic (exact) mass is 556 g/mol. The van der Waals surface area contributed by atoms with Crippen molar-refractivity contribution in [3.05, 3.63) is 65.5 Å². The van der Waals surface area contributed by atoms with Crippen molar-refractivity contribution in [1.82, 2.24) is 24.9 Å². The Morgan fingerprint density at radius 1 is 1.08 bits per heavy atom. The molecule has 0 atom stereocenters. The van der Waals surface area contributed by atoms with E-state index in [1.165, 1.54) is 11.3 Å². The number of carbonyl (C=O) groups is 1. The van der Waals surface area contributed by atoms with E-state index in [1.807, 2.05) is 18.9 Å². The highest BCUT2D eigenvalue weighted by Gasteiger charge is 2.32. The molecule has 4 aromatic rings. The van der Waals surface area contributed by atoms with Crippen LogP contribution in [0.1, 0.15) is 21.5 Å². The van der Waals surface area contributed by atoms with Gasteiger partial charge in [-0.1, -0.05) is 22.6 Å². The van der Waals surface area contributed by atoms with E-state index in [2.05, 4.69) is 30.8 Å². The SMILES string of the molecule is CNc1ncc(-c2cn(-c3cc(C(=O)Nc4cc(N5CCN(C)CC5)cc(C(F)(F)F)c4)ccc3C)nn2)s1. The highest BCUT2D eigenvalue weighted by molar-refractivity contribution is 7.18. The van der Waals surface area contributed by atoms with Gasteiger partial charge in [-0.3, -0.25) is 4.79 Å². The number of thiazole rings is 1. The molecule has 0 saturated carbocycles. The standard InChI is InChI=1S/C26H27F3N8OS/c1-16-4-5-17(10-22(16)37-15-21(33-34-37)23-14-31-25(30-2)39-23)24(38)32-19-11-18(26(27,28)29)12-20(13-19)36-8-6-35(3)7-9-36/h4-5,10-15H,6-9H2,1-3H3,(H,30,31)(H,32,38). The van der Waals surface area contributed by atoms with Crippen LogP contribution in [0, 0.1) is 6.92 Å². The Labute approximate surface area is 227 Å². The van der Waals surface area contributed by atoms with Crippen LogP contribution < -0.4 is 15.5 Å². The van der Waals surface area contributed by atoms with Crippen LogP contribution in [-0.2, 0) is 6.18 Å². The number of benzene rings is 2. The van der Waals surface area contributed by atoms with Gasteiger partial charge in [0.05, 0.1) is 22.3 Å². The van der Waals surface area contributed by atoms with Gasteiger partial charge in [0.15, 0.2) is 5.13 Å². The number of anilines is 3. The lowest BCUT2D eigenvalue weighted by molar-refractivity contribution is -0.137. The lowest BCUT2D eigenvalue weighted by Crippen LogP contribution is -2.44. The van der Waals surface area contributed by atoms with E-state index in [1.54, 1.807) is 48.4 Å². The van der Waals surface area contributed by atoms with E-state index in [0.717, 1.165) is 40.8 Å². The maximum Gasteiger partial charge on any atom is 0.416 e. The van der Waals surface area contributed by atoms with Gasteiger partial charge in [-0.25, -0.2) is 9.67 Å². The number of alkyl halides is 3. The fraction of sp³-hybridized carbons (Fsp3) is 0.308. The summed E-state index contributed by atoms with van der Waals surface area (Å²) in [5.41, 5.74) is 2.09. The molecule has 13 heteroatoms. The number of nitrogens with zero attached hydrogens (tertiary/aromatic N) is 6. The minimum atomic E-state index is -4.55. The minimum absolute atomic E-state index is 0.0828. The number of aromatic nitrogens is 4. The molecule has 1 aliphatic rings. The summed E-state index contributed by atoms with van der Waals surface area (Å²) in [4.78, 5) is 22.3. The van der Waals surface area contributed by atoms with Crippen LogP contribution in [0.5, 0.6) is 0 Å². The molecule has 39 heavy (non-hydrogen) atoms. The summed E-state index contributed by atoms with van der Waals surface area (Å²) in [6, 6.07) is 8.72. The Morgan fingerprint density at radius 3 is 2.54 bits per heavy atom. The van der Waals surface area contributed by atoms with Gasteiger partial charge >= 0.3 is 6.18 Å². The van der Waals surface area contributed by atoms with Crippen LogP contribution >= 0.6 is 11.3 Å². The number of likely N-dealkylation sites (N-methyl/N-ethyl adjacent to an activating group) is 1. The maximum atomic E-state index is 13.7. The zero-order valence-corrected chi connectivity index (χ0v) is 22.4. The smallest absolute Gasteiger partial charge is 0.369 e. The number of hydrogen-bond donors (Lipinski definition) is 2. The van der Waals surface area contributed by atoms with Crippen LogP contribution in [-0.4, -0.2) is 71.1 Å². The molecule has 1 amide bonds. The molecule has 1 saturated heterocycles. The van der Waals surface area contributed by atoms with Crippen molar-refractivity contribution < 1.29 is 18.0 Å². The number of piperazine rings is 1. The summed E-state index contributed by atoms with van der Waals surface area (Å²) in [5.74, 6) is -0.527. The van der Waals surface area contributed by atoms with Gasteiger partial charge in [-0.2, -0.15) is 13.2 Å². The van der Waals surface area contributed by atoms with Crippen LogP contribution in [0.4, 0.5) is 29.7 Å². The number of amides is 1. The Morgan fingerprint density at radius 2 is 1.85 bits per heavy atom.